The minimum atomic E-state index is 0.171. The van der Waals surface area contributed by atoms with Crippen molar-refractivity contribution in [3.05, 3.63) is 70.8 Å². The Balaban J connectivity index is 1.96. The van der Waals surface area contributed by atoms with Crippen molar-refractivity contribution in [1.29, 1.82) is 0 Å². The maximum absolute atomic E-state index is 6.26. The molecule has 1 nitrogen and oxygen atoms in total. The molecule has 2 aromatic rings. The number of hydrogen-bond acceptors (Lipinski definition) is 1. The van der Waals surface area contributed by atoms with Crippen LogP contribution in [-0.2, 0) is 25.9 Å². The number of halogens is 1. The predicted molar refractivity (Wildman–Crippen MR) is 89.7 cm³/mol. The van der Waals surface area contributed by atoms with Gasteiger partial charge in [0.1, 0.15) is 0 Å². The van der Waals surface area contributed by atoms with Crippen LogP contribution in [0.2, 0.25) is 0 Å². The number of hydrogen-bond donors (Lipinski definition) is 0. The molecule has 3 rings (SSSR count). The van der Waals surface area contributed by atoms with Crippen LogP contribution in [0.5, 0.6) is 0 Å². The van der Waals surface area contributed by atoms with Crippen molar-refractivity contribution in [2.45, 2.75) is 38.2 Å². The van der Waals surface area contributed by atoms with Gasteiger partial charge in [-0.05, 0) is 42.0 Å². The molecular weight excluding hydrogens is 278 g/mol. The van der Waals surface area contributed by atoms with Crippen LogP contribution in [0, 0.1) is 0 Å². The van der Waals surface area contributed by atoms with Crippen molar-refractivity contribution < 1.29 is 0 Å². The molecule has 1 heterocycles. The van der Waals surface area contributed by atoms with E-state index in [0.717, 1.165) is 32.5 Å². The molecule has 0 aliphatic carbocycles. The second-order valence-electron chi connectivity index (χ2n) is 5.99. The van der Waals surface area contributed by atoms with Crippen molar-refractivity contribution in [1.82, 2.24) is 4.90 Å². The molecule has 0 aromatic heterocycles. The molecule has 0 N–H and O–H groups in total. The van der Waals surface area contributed by atoms with Gasteiger partial charge in [0.25, 0.3) is 0 Å². The zero-order valence-electron chi connectivity index (χ0n) is 12.6. The molecule has 21 heavy (non-hydrogen) atoms. The first-order valence-electron chi connectivity index (χ1n) is 7.72. The summed E-state index contributed by atoms with van der Waals surface area (Å²) in [5.74, 6) is 0. The van der Waals surface area contributed by atoms with Crippen LogP contribution in [0.3, 0.4) is 0 Å². The van der Waals surface area contributed by atoms with Gasteiger partial charge in [0, 0.05) is 25.0 Å². The lowest BCUT2D eigenvalue weighted by Crippen LogP contribution is -2.28. The first-order valence-corrected chi connectivity index (χ1v) is 8.16. The summed E-state index contributed by atoms with van der Waals surface area (Å²) in [5.41, 5.74) is 5.84. The Morgan fingerprint density at radius 3 is 1.71 bits per heavy atom. The molecule has 0 spiro atoms. The van der Waals surface area contributed by atoms with Crippen molar-refractivity contribution in [3.63, 3.8) is 0 Å². The molecule has 2 heteroatoms. The second-order valence-corrected chi connectivity index (χ2v) is 6.73. The second kappa shape index (κ2) is 6.64. The molecule has 1 aliphatic rings. The lowest BCUT2D eigenvalue weighted by atomic mass is 9.98. The zero-order chi connectivity index (χ0) is 14.7. The number of fused-ring (bicyclic) bond motifs is 2. The number of aryl methyl sites for hydroxylation is 2. The lowest BCUT2D eigenvalue weighted by molar-refractivity contribution is 0.259. The molecular formula is C19H22ClN. The fourth-order valence-corrected chi connectivity index (χ4v) is 3.40. The quantitative estimate of drug-likeness (QED) is 0.742. The van der Waals surface area contributed by atoms with Gasteiger partial charge in [-0.2, -0.15) is 0 Å². The highest BCUT2D eigenvalue weighted by Gasteiger charge is 2.16. The van der Waals surface area contributed by atoms with Gasteiger partial charge in [-0.3, -0.25) is 4.90 Å². The van der Waals surface area contributed by atoms with Crippen LogP contribution in [0.15, 0.2) is 48.5 Å². The van der Waals surface area contributed by atoms with Crippen LogP contribution < -0.4 is 0 Å². The normalized spacial score (nSPS) is 17.0. The number of nitrogens with zero attached hydrogens (tertiary/aromatic N) is 1. The van der Waals surface area contributed by atoms with Crippen molar-refractivity contribution in [3.8, 4) is 0 Å². The van der Waals surface area contributed by atoms with Crippen LogP contribution in [-0.4, -0.2) is 16.8 Å². The molecule has 1 aliphatic heterocycles. The average Bonchev–Trinajstić information content (AvgIpc) is 2.53. The molecule has 1 unspecified atom stereocenters. The predicted octanol–water partition coefficient (Wildman–Crippen LogP) is 4.41. The van der Waals surface area contributed by atoms with Gasteiger partial charge >= 0.3 is 0 Å². The van der Waals surface area contributed by atoms with Crippen LogP contribution in [0.25, 0.3) is 0 Å². The average molecular weight is 300 g/mol. The summed E-state index contributed by atoms with van der Waals surface area (Å²) in [7, 11) is 0. The summed E-state index contributed by atoms with van der Waals surface area (Å²) in [6.45, 7) is 4.97. The molecule has 0 bridgehead atoms. The summed E-state index contributed by atoms with van der Waals surface area (Å²) >= 11 is 6.26. The van der Waals surface area contributed by atoms with Gasteiger partial charge in [0.15, 0.2) is 0 Å². The Kier molecular flexibility index (Phi) is 4.62. The Hall–Kier alpha value is -1.31. The van der Waals surface area contributed by atoms with E-state index in [1.54, 1.807) is 0 Å². The van der Waals surface area contributed by atoms with Gasteiger partial charge in [-0.15, -0.1) is 11.6 Å². The maximum atomic E-state index is 6.26. The fourth-order valence-electron chi connectivity index (χ4n) is 3.20. The van der Waals surface area contributed by atoms with Crippen molar-refractivity contribution in [2.24, 2.45) is 0 Å². The minimum Gasteiger partial charge on any atom is -0.293 e. The van der Waals surface area contributed by atoms with E-state index < -0.39 is 0 Å². The van der Waals surface area contributed by atoms with Gasteiger partial charge in [0.05, 0.1) is 0 Å². The maximum Gasteiger partial charge on any atom is 0.0435 e. The molecule has 0 amide bonds. The zero-order valence-corrected chi connectivity index (χ0v) is 13.3. The van der Waals surface area contributed by atoms with Crippen molar-refractivity contribution >= 4 is 11.6 Å². The molecule has 0 saturated heterocycles. The van der Waals surface area contributed by atoms with Crippen LogP contribution >= 0.6 is 11.6 Å². The van der Waals surface area contributed by atoms with Gasteiger partial charge in [-0.25, -0.2) is 0 Å². The minimum absolute atomic E-state index is 0.171. The van der Waals surface area contributed by atoms with E-state index in [9.17, 15) is 0 Å². The van der Waals surface area contributed by atoms with Gasteiger partial charge in [-0.1, -0.05) is 48.5 Å². The SMILES string of the molecule is CC(Cl)CN1Cc2ccccc2CCc2ccccc2C1. The van der Waals surface area contributed by atoms with E-state index in [1.807, 2.05) is 0 Å². The first kappa shape index (κ1) is 14.6. The number of benzene rings is 2. The highest BCUT2D eigenvalue weighted by molar-refractivity contribution is 6.20. The smallest absolute Gasteiger partial charge is 0.0435 e. The topological polar surface area (TPSA) is 3.24 Å². The number of alkyl halides is 1. The third-order valence-electron chi connectivity index (χ3n) is 4.20. The largest absolute Gasteiger partial charge is 0.293 e. The van der Waals surface area contributed by atoms with Crippen LogP contribution in [0.4, 0.5) is 0 Å². The van der Waals surface area contributed by atoms with E-state index in [4.69, 9.17) is 11.6 Å². The molecule has 110 valence electrons. The highest BCUT2D eigenvalue weighted by Crippen LogP contribution is 2.22. The Bertz CT molecular complexity index is 557. The molecule has 2 aromatic carbocycles. The van der Waals surface area contributed by atoms with Crippen LogP contribution in [0.1, 0.15) is 29.2 Å². The highest BCUT2D eigenvalue weighted by atomic mass is 35.5. The van der Waals surface area contributed by atoms with Gasteiger partial charge in [0.2, 0.25) is 0 Å². The Labute approximate surface area is 132 Å². The fraction of sp³-hybridized carbons (Fsp3) is 0.368. The van der Waals surface area contributed by atoms with Gasteiger partial charge < -0.3 is 0 Å². The summed E-state index contributed by atoms with van der Waals surface area (Å²) in [6, 6.07) is 17.7. The lowest BCUT2D eigenvalue weighted by Gasteiger charge is -2.24. The standard InChI is InChI=1S/C19H22ClN/c1-15(20)12-21-13-18-8-4-2-6-16(18)10-11-17-7-3-5-9-19(17)14-21/h2-9,15H,10-14H2,1H3. The Morgan fingerprint density at radius 2 is 1.29 bits per heavy atom. The summed E-state index contributed by atoms with van der Waals surface area (Å²) in [4.78, 5) is 2.47. The first-order chi connectivity index (χ1) is 10.2. The summed E-state index contributed by atoms with van der Waals surface area (Å²) in [6.07, 6.45) is 2.24. The third kappa shape index (κ3) is 3.66. The van der Waals surface area contributed by atoms with E-state index in [0.29, 0.717) is 0 Å². The molecule has 1 atom stereocenters. The number of rotatable bonds is 2. The monoisotopic (exact) mass is 299 g/mol. The van der Waals surface area contributed by atoms with E-state index in [2.05, 4.69) is 60.4 Å². The van der Waals surface area contributed by atoms with E-state index in [1.165, 1.54) is 22.3 Å². The van der Waals surface area contributed by atoms with Crippen molar-refractivity contribution in [2.75, 3.05) is 6.54 Å². The molecule has 0 saturated carbocycles. The Morgan fingerprint density at radius 1 is 0.857 bits per heavy atom. The third-order valence-corrected chi connectivity index (χ3v) is 4.34. The molecule has 0 radical (unpaired) electrons. The van der Waals surface area contributed by atoms with E-state index >= 15 is 0 Å². The molecule has 0 fully saturated rings. The van der Waals surface area contributed by atoms with E-state index in [-0.39, 0.29) is 5.38 Å². The summed E-state index contributed by atoms with van der Waals surface area (Å²) < 4.78 is 0. The summed E-state index contributed by atoms with van der Waals surface area (Å²) in [5, 5.41) is 0.171.